The van der Waals surface area contributed by atoms with Gasteiger partial charge in [-0.2, -0.15) is 0 Å². The van der Waals surface area contributed by atoms with Gasteiger partial charge in [0.05, 0.1) is 11.5 Å². The monoisotopic (exact) mass is 446 g/mol. The number of anilines is 1. The second-order valence-electron chi connectivity index (χ2n) is 6.49. The van der Waals surface area contributed by atoms with Crippen molar-refractivity contribution >= 4 is 46.7 Å². The van der Waals surface area contributed by atoms with E-state index in [0.717, 1.165) is 34.5 Å². The Kier molecular flexibility index (Phi) is 7.64. The van der Waals surface area contributed by atoms with E-state index < -0.39 is 0 Å². The Balaban J connectivity index is 1.58. The van der Waals surface area contributed by atoms with Crippen molar-refractivity contribution < 1.29 is 4.79 Å². The van der Waals surface area contributed by atoms with Gasteiger partial charge in [-0.25, -0.2) is 0 Å². The minimum atomic E-state index is -0.0957. The number of rotatable bonds is 8. The van der Waals surface area contributed by atoms with Crippen LogP contribution in [0.25, 0.3) is 0 Å². The van der Waals surface area contributed by atoms with Gasteiger partial charge < -0.3 is 9.88 Å². The van der Waals surface area contributed by atoms with Gasteiger partial charge >= 0.3 is 0 Å². The van der Waals surface area contributed by atoms with Gasteiger partial charge in [-0.05, 0) is 50.6 Å². The number of carbonyl (C=O) groups is 1. The maximum Gasteiger partial charge on any atom is 0.234 e. The van der Waals surface area contributed by atoms with Gasteiger partial charge in [-0.3, -0.25) is 4.79 Å². The van der Waals surface area contributed by atoms with E-state index in [2.05, 4.69) is 58.2 Å². The van der Waals surface area contributed by atoms with E-state index in [1.807, 2.05) is 19.1 Å². The Morgan fingerprint density at radius 3 is 2.59 bits per heavy atom. The third-order valence-electron chi connectivity index (χ3n) is 4.37. The maximum absolute atomic E-state index is 12.4. The molecule has 1 aromatic heterocycles. The highest BCUT2D eigenvalue weighted by Crippen LogP contribution is 2.26. The summed E-state index contributed by atoms with van der Waals surface area (Å²) in [5.41, 5.74) is 2.84. The first kappa shape index (κ1) is 21.7. The molecule has 0 bridgehead atoms. The molecule has 29 heavy (non-hydrogen) atoms. The number of thioether (sulfide) groups is 2. The van der Waals surface area contributed by atoms with Crippen LogP contribution in [0.1, 0.15) is 23.9 Å². The van der Waals surface area contributed by atoms with Crippen LogP contribution in [-0.2, 0) is 17.1 Å². The topological polar surface area (TPSA) is 59.8 Å². The number of amides is 1. The van der Waals surface area contributed by atoms with E-state index in [1.54, 1.807) is 17.8 Å². The molecule has 0 aliphatic heterocycles. The molecule has 0 radical (unpaired) electrons. The van der Waals surface area contributed by atoms with E-state index in [1.165, 1.54) is 22.2 Å². The molecule has 0 saturated carbocycles. The Bertz CT molecular complexity index is 989. The molecule has 1 heterocycles. The lowest BCUT2D eigenvalue weighted by Crippen LogP contribution is -2.15. The lowest BCUT2D eigenvalue weighted by molar-refractivity contribution is -0.113. The van der Waals surface area contributed by atoms with Crippen molar-refractivity contribution in [3.05, 3.63) is 64.4 Å². The van der Waals surface area contributed by atoms with Crippen LogP contribution in [0.2, 0.25) is 5.02 Å². The molecule has 1 amide bonds. The molecule has 3 rings (SSSR count). The minimum Gasteiger partial charge on any atom is -0.325 e. The third-order valence-corrected chi connectivity index (χ3v) is 6.76. The SMILES string of the molecule is CCn1c(CSc2ccc(C)cc2)nnc1SCC(=O)Nc1cccc(Cl)c1C. The molecule has 5 nitrogen and oxygen atoms in total. The van der Waals surface area contributed by atoms with Crippen molar-refractivity contribution in [1.82, 2.24) is 14.8 Å². The predicted octanol–water partition coefficient (Wildman–Crippen LogP) is 5.59. The summed E-state index contributed by atoms with van der Waals surface area (Å²) in [5, 5.41) is 12.9. The van der Waals surface area contributed by atoms with Gasteiger partial charge in [0.15, 0.2) is 5.16 Å². The molecule has 3 aromatic rings. The predicted molar refractivity (Wildman–Crippen MR) is 122 cm³/mol. The smallest absolute Gasteiger partial charge is 0.234 e. The van der Waals surface area contributed by atoms with Crippen LogP contribution in [-0.4, -0.2) is 26.4 Å². The zero-order valence-corrected chi connectivity index (χ0v) is 19.0. The minimum absolute atomic E-state index is 0.0957. The highest BCUT2D eigenvalue weighted by molar-refractivity contribution is 7.99. The maximum atomic E-state index is 12.4. The van der Waals surface area contributed by atoms with Crippen molar-refractivity contribution in [2.45, 2.75) is 43.1 Å². The Labute approximate surface area is 184 Å². The highest BCUT2D eigenvalue weighted by atomic mass is 35.5. The largest absolute Gasteiger partial charge is 0.325 e. The van der Waals surface area contributed by atoms with E-state index in [9.17, 15) is 4.79 Å². The number of aromatic nitrogens is 3. The van der Waals surface area contributed by atoms with Gasteiger partial charge in [0.1, 0.15) is 5.82 Å². The first-order chi connectivity index (χ1) is 14.0. The summed E-state index contributed by atoms with van der Waals surface area (Å²) in [6.45, 7) is 6.78. The molecule has 0 aliphatic rings. The molecule has 0 aliphatic carbocycles. The number of nitrogens with one attached hydrogen (secondary N) is 1. The van der Waals surface area contributed by atoms with Gasteiger partial charge in [-0.15, -0.1) is 22.0 Å². The average Bonchev–Trinajstić information content (AvgIpc) is 3.11. The summed E-state index contributed by atoms with van der Waals surface area (Å²) < 4.78 is 2.06. The quantitative estimate of drug-likeness (QED) is 0.457. The van der Waals surface area contributed by atoms with Gasteiger partial charge in [0, 0.05) is 22.2 Å². The van der Waals surface area contributed by atoms with Crippen molar-refractivity contribution in [1.29, 1.82) is 0 Å². The molecule has 0 saturated heterocycles. The van der Waals surface area contributed by atoms with E-state index >= 15 is 0 Å². The summed E-state index contributed by atoms with van der Waals surface area (Å²) in [5.74, 6) is 1.81. The number of benzene rings is 2. The molecule has 0 spiro atoms. The van der Waals surface area contributed by atoms with Crippen LogP contribution in [0.5, 0.6) is 0 Å². The molecule has 0 fully saturated rings. The lowest BCUT2D eigenvalue weighted by atomic mass is 10.2. The first-order valence-corrected chi connectivity index (χ1v) is 11.6. The van der Waals surface area contributed by atoms with E-state index in [-0.39, 0.29) is 11.7 Å². The second kappa shape index (κ2) is 10.2. The van der Waals surface area contributed by atoms with Crippen LogP contribution in [0.3, 0.4) is 0 Å². The summed E-state index contributed by atoms with van der Waals surface area (Å²) in [6, 6.07) is 13.9. The Hall–Kier alpha value is -1.96. The van der Waals surface area contributed by atoms with Crippen LogP contribution in [0, 0.1) is 13.8 Å². The highest BCUT2D eigenvalue weighted by Gasteiger charge is 2.14. The normalized spacial score (nSPS) is 10.9. The van der Waals surface area contributed by atoms with Crippen molar-refractivity contribution in [3.8, 4) is 0 Å². The average molecular weight is 447 g/mol. The molecular formula is C21H23ClN4OS2. The van der Waals surface area contributed by atoms with Gasteiger partial charge in [0.25, 0.3) is 0 Å². The molecule has 1 N–H and O–H groups in total. The standard InChI is InChI=1S/C21H23ClN4OS2/c1-4-26-19(12-28-16-10-8-14(2)9-11-16)24-25-21(26)29-13-20(27)23-18-7-5-6-17(22)15(18)3/h5-11H,4,12-13H2,1-3H3,(H,23,27). The molecule has 152 valence electrons. The molecule has 0 unspecified atom stereocenters. The van der Waals surface area contributed by atoms with Crippen molar-refractivity contribution in [3.63, 3.8) is 0 Å². The second-order valence-corrected chi connectivity index (χ2v) is 8.89. The molecule has 2 aromatic carbocycles. The van der Waals surface area contributed by atoms with E-state index in [4.69, 9.17) is 11.6 Å². The fourth-order valence-electron chi connectivity index (χ4n) is 2.69. The van der Waals surface area contributed by atoms with Crippen LogP contribution >= 0.6 is 35.1 Å². The Morgan fingerprint density at radius 2 is 1.86 bits per heavy atom. The number of carbonyl (C=O) groups excluding carboxylic acids is 1. The zero-order chi connectivity index (χ0) is 20.8. The van der Waals surface area contributed by atoms with Gasteiger partial charge in [0.2, 0.25) is 5.91 Å². The third kappa shape index (κ3) is 5.78. The van der Waals surface area contributed by atoms with Gasteiger partial charge in [-0.1, -0.05) is 47.1 Å². The van der Waals surface area contributed by atoms with E-state index in [0.29, 0.717) is 5.02 Å². The molecule has 8 heteroatoms. The fraction of sp³-hybridized carbons (Fsp3) is 0.286. The Morgan fingerprint density at radius 1 is 1.10 bits per heavy atom. The fourth-order valence-corrected chi connectivity index (χ4v) is 4.53. The number of aryl methyl sites for hydroxylation is 1. The van der Waals surface area contributed by atoms with Crippen LogP contribution in [0.15, 0.2) is 52.5 Å². The van der Waals surface area contributed by atoms with Crippen molar-refractivity contribution in [2.24, 2.45) is 0 Å². The summed E-state index contributed by atoms with van der Waals surface area (Å²) in [6.07, 6.45) is 0. The summed E-state index contributed by atoms with van der Waals surface area (Å²) in [4.78, 5) is 13.6. The summed E-state index contributed by atoms with van der Waals surface area (Å²) >= 11 is 9.23. The lowest BCUT2D eigenvalue weighted by Gasteiger charge is -2.10. The number of hydrogen-bond acceptors (Lipinski definition) is 5. The number of nitrogens with zero attached hydrogens (tertiary/aromatic N) is 3. The number of halogens is 1. The zero-order valence-electron chi connectivity index (χ0n) is 16.6. The number of hydrogen-bond donors (Lipinski definition) is 1. The van der Waals surface area contributed by atoms with Crippen molar-refractivity contribution in [2.75, 3.05) is 11.1 Å². The van der Waals surface area contributed by atoms with Crippen LogP contribution in [0.4, 0.5) is 5.69 Å². The molecule has 0 atom stereocenters. The van der Waals surface area contributed by atoms with Crippen LogP contribution < -0.4 is 5.32 Å². The summed E-state index contributed by atoms with van der Waals surface area (Å²) in [7, 11) is 0. The first-order valence-electron chi connectivity index (χ1n) is 9.27. The molecular weight excluding hydrogens is 424 g/mol.